The van der Waals surface area contributed by atoms with Gasteiger partial charge >= 0.3 is 0 Å². The summed E-state index contributed by atoms with van der Waals surface area (Å²) in [6, 6.07) is 12.7. The summed E-state index contributed by atoms with van der Waals surface area (Å²) in [4.78, 5) is 4.12. The number of hydrogen-bond acceptors (Lipinski definition) is 2. The second kappa shape index (κ2) is 6.08. The fourth-order valence-electron chi connectivity index (χ4n) is 2.98. The maximum absolute atomic E-state index is 5.24. The van der Waals surface area contributed by atoms with E-state index in [9.17, 15) is 0 Å². The Hall–Kier alpha value is -1.83. The summed E-state index contributed by atoms with van der Waals surface area (Å²) >= 11 is 0. The maximum Gasteiger partial charge on any atom is 0.118 e. The lowest BCUT2D eigenvalue weighted by Crippen LogP contribution is -2.26. The summed E-state index contributed by atoms with van der Waals surface area (Å²) in [5.74, 6) is 1.38. The number of aromatic nitrogens is 1. The number of ether oxygens (including phenoxy) is 1. The Labute approximate surface area is 121 Å². The van der Waals surface area contributed by atoms with Gasteiger partial charge in [-0.1, -0.05) is 32.9 Å². The quantitative estimate of drug-likeness (QED) is 0.793. The Balaban J connectivity index is 2.35. The van der Waals surface area contributed by atoms with Crippen LogP contribution < -0.4 is 4.74 Å². The summed E-state index contributed by atoms with van der Waals surface area (Å²) in [5.41, 5.74) is 2.76. The minimum absolute atomic E-state index is 0.0757. The van der Waals surface area contributed by atoms with E-state index in [1.54, 1.807) is 7.11 Å². The van der Waals surface area contributed by atoms with Crippen molar-refractivity contribution in [3.63, 3.8) is 0 Å². The first-order chi connectivity index (χ1) is 9.59. The largest absolute Gasteiger partial charge is 0.497 e. The normalized spacial score (nSPS) is 13.0. The molecule has 1 aromatic carbocycles. The summed E-state index contributed by atoms with van der Waals surface area (Å²) in [5, 5.41) is 0. The monoisotopic (exact) mass is 269 g/mol. The second-order valence-electron chi connectivity index (χ2n) is 5.69. The molecule has 106 valence electrons. The van der Waals surface area contributed by atoms with Crippen LogP contribution in [-0.4, -0.2) is 12.1 Å². The van der Waals surface area contributed by atoms with Gasteiger partial charge in [0.25, 0.3) is 0 Å². The minimum Gasteiger partial charge on any atom is -0.497 e. The first kappa shape index (κ1) is 14.6. The van der Waals surface area contributed by atoms with E-state index in [0.717, 1.165) is 12.2 Å². The second-order valence-corrected chi connectivity index (χ2v) is 5.69. The number of benzene rings is 1. The molecule has 2 aromatic rings. The van der Waals surface area contributed by atoms with Crippen LogP contribution >= 0.6 is 0 Å². The Morgan fingerprint density at radius 3 is 2.15 bits per heavy atom. The summed E-state index contributed by atoms with van der Waals surface area (Å²) in [6.07, 6.45) is 4.84. The van der Waals surface area contributed by atoms with Gasteiger partial charge in [-0.25, -0.2) is 0 Å². The maximum atomic E-state index is 5.24. The van der Waals surface area contributed by atoms with Crippen molar-refractivity contribution in [2.24, 2.45) is 0 Å². The Bertz CT molecular complexity index is 531. The van der Waals surface area contributed by atoms with Crippen LogP contribution in [0.25, 0.3) is 0 Å². The molecule has 2 rings (SSSR count). The van der Waals surface area contributed by atoms with Gasteiger partial charge in [-0.05, 0) is 53.1 Å². The third-order valence-electron chi connectivity index (χ3n) is 4.22. The zero-order valence-corrected chi connectivity index (χ0v) is 12.8. The lowest BCUT2D eigenvalue weighted by Gasteiger charge is -2.35. The molecule has 0 spiro atoms. The molecule has 0 radical (unpaired) electrons. The van der Waals surface area contributed by atoms with E-state index in [1.165, 1.54) is 11.1 Å². The average Bonchev–Trinajstić information content (AvgIpc) is 2.49. The molecule has 0 N–H and O–H groups in total. The third-order valence-corrected chi connectivity index (χ3v) is 4.22. The first-order valence-corrected chi connectivity index (χ1v) is 7.14. The van der Waals surface area contributed by atoms with Crippen LogP contribution in [0, 0.1) is 0 Å². The van der Waals surface area contributed by atoms with Gasteiger partial charge in [0.15, 0.2) is 0 Å². The lowest BCUT2D eigenvalue weighted by molar-refractivity contribution is 0.397. The Kier molecular flexibility index (Phi) is 4.43. The minimum atomic E-state index is 0.0757. The highest BCUT2D eigenvalue weighted by Gasteiger charge is 2.31. The zero-order chi connectivity index (χ0) is 14.6. The van der Waals surface area contributed by atoms with E-state index in [-0.39, 0.29) is 5.41 Å². The number of methoxy groups -OCH3 is 1. The molecule has 0 saturated carbocycles. The van der Waals surface area contributed by atoms with Gasteiger partial charge in [-0.15, -0.1) is 0 Å². The van der Waals surface area contributed by atoms with Crippen LogP contribution in [0.2, 0.25) is 0 Å². The van der Waals surface area contributed by atoms with Gasteiger partial charge in [0.05, 0.1) is 7.11 Å². The molecule has 0 unspecified atom stereocenters. The highest BCUT2D eigenvalue weighted by atomic mass is 16.5. The fourth-order valence-corrected chi connectivity index (χ4v) is 2.98. The highest BCUT2D eigenvalue weighted by Crippen LogP contribution is 2.40. The van der Waals surface area contributed by atoms with Gasteiger partial charge in [-0.3, -0.25) is 4.98 Å². The number of rotatable bonds is 5. The molecule has 1 heterocycles. The Morgan fingerprint density at radius 1 is 1.05 bits per heavy atom. The lowest BCUT2D eigenvalue weighted by atomic mass is 9.69. The molecule has 0 aliphatic carbocycles. The highest BCUT2D eigenvalue weighted by molar-refractivity contribution is 5.34. The molecule has 0 fully saturated rings. The zero-order valence-electron chi connectivity index (χ0n) is 12.8. The number of hydrogen-bond donors (Lipinski definition) is 0. The molecule has 20 heavy (non-hydrogen) atoms. The number of pyridine rings is 1. The molecule has 2 nitrogen and oxygen atoms in total. The van der Waals surface area contributed by atoms with Crippen molar-refractivity contribution in [2.75, 3.05) is 7.11 Å². The topological polar surface area (TPSA) is 22.1 Å². The van der Waals surface area contributed by atoms with Crippen LogP contribution in [0.1, 0.15) is 44.2 Å². The van der Waals surface area contributed by atoms with Crippen molar-refractivity contribution in [3.05, 3.63) is 59.9 Å². The smallest absolute Gasteiger partial charge is 0.118 e. The molecule has 1 atom stereocenters. The molecule has 0 aliphatic rings. The van der Waals surface area contributed by atoms with Crippen molar-refractivity contribution in [2.45, 2.75) is 38.5 Å². The van der Waals surface area contributed by atoms with Gasteiger partial charge < -0.3 is 4.74 Å². The van der Waals surface area contributed by atoms with E-state index >= 15 is 0 Å². The van der Waals surface area contributed by atoms with Crippen molar-refractivity contribution in [1.29, 1.82) is 0 Å². The predicted octanol–water partition coefficient (Wildman–Crippen LogP) is 4.56. The van der Waals surface area contributed by atoms with E-state index in [1.807, 2.05) is 24.5 Å². The van der Waals surface area contributed by atoms with Crippen LogP contribution in [0.5, 0.6) is 5.75 Å². The van der Waals surface area contributed by atoms with E-state index in [2.05, 4.69) is 50.0 Å². The molecule has 1 aromatic heterocycles. The standard InChI is InChI=1S/C18H23NO/c1-5-17(14-6-8-16(20-4)9-7-14)18(2,3)15-10-12-19-13-11-15/h6-13,17H,5H2,1-4H3/t17-/m1/s1. The van der Waals surface area contributed by atoms with E-state index < -0.39 is 0 Å². The summed E-state index contributed by atoms with van der Waals surface area (Å²) in [7, 11) is 1.70. The molecule has 0 bridgehead atoms. The van der Waals surface area contributed by atoms with E-state index in [4.69, 9.17) is 4.74 Å². The summed E-state index contributed by atoms with van der Waals surface area (Å²) < 4.78 is 5.24. The van der Waals surface area contributed by atoms with Crippen molar-refractivity contribution in [1.82, 2.24) is 4.98 Å². The van der Waals surface area contributed by atoms with Crippen molar-refractivity contribution >= 4 is 0 Å². The van der Waals surface area contributed by atoms with Crippen LogP contribution in [0.4, 0.5) is 0 Å². The van der Waals surface area contributed by atoms with Crippen molar-refractivity contribution in [3.8, 4) is 5.75 Å². The Morgan fingerprint density at radius 2 is 1.65 bits per heavy atom. The average molecular weight is 269 g/mol. The molecule has 2 heteroatoms. The van der Waals surface area contributed by atoms with E-state index in [0.29, 0.717) is 5.92 Å². The summed E-state index contributed by atoms with van der Waals surface area (Å²) in [6.45, 7) is 6.86. The van der Waals surface area contributed by atoms with Gasteiger partial charge in [-0.2, -0.15) is 0 Å². The molecule has 0 saturated heterocycles. The van der Waals surface area contributed by atoms with Gasteiger partial charge in [0, 0.05) is 12.4 Å². The van der Waals surface area contributed by atoms with Crippen LogP contribution in [0.15, 0.2) is 48.8 Å². The van der Waals surface area contributed by atoms with Crippen molar-refractivity contribution < 1.29 is 4.74 Å². The predicted molar refractivity (Wildman–Crippen MR) is 83.3 cm³/mol. The fraction of sp³-hybridized carbons (Fsp3) is 0.389. The molecule has 0 amide bonds. The number of nitrogens with zero attached hydrogens (tertiary/aromatic N) is 1. The van der Waals surface area contributed by atoms with Crippen LogP contribution in [0.3, 0.4) is 0 Å². The molecule has 0 aliphatic heterocycles. The first-order valence-electron chi connectivity index (χ1n) is 7.14. The molecular formula is C18H23NO. The van der Waals surface area contributed by atoms with Gasteiger partial charge in [0.2, 0.25) is 0 Å². The third kappa shape index (κ3) is 2.84. The SMILES string of the molecule is CC[C@H](c1ccc(OC)cc1)C(C)(C)c1ccncc1. The molecular weight excluding hydrogens is 246 g/mol. The van der Waals surface area contributed by atoms with Gasteiger partial charge in [0.1, 0.15) is 5.75 Å². The van der Waals surface area contributed by atoms with Crippen LogP contribution in [-0.2, 0) is 5.41 Å².